The van der Waals surface area contributed by atoms with Crippen LogP contribution in [0.15, 0.2) is 76.3 Å². The molecule has 0 aliphatic carbocycles. The van der Waals surface area contributed by atoms with Crippen molar-refractivity contribution in [1.82, 2.24) is 4.31 Å². The molecular formula is C21H20N2O4S2. The largest absolute Gasteiger partial charge is 0.457 e. The van der Waals surface area contributed by atoms with Gasteiger partial charge in [0.25, 0.3) is 10.0 Å². The van der Waals surface area contributed by atoms with Crippen molar-refractivity contribution < 1.29 is 17.9 Å². The summed E-state index contributed by atoms with van der Waals surface area (Å²) in [5.74, 6) is 0.947. The van der Waals surface area contributed by atoms with Gasteiger partial charge in [-0.25, -0.2) is 8.42 Å². The number of hydrogen-bond acceptors (Lipinski definition) is 5. The van der Waals surface area contributed by atoms with Crippen LogP contribution in [0.25, 0.3) is 0 Å². The van der Waals surface area contributed by atoms with Crippen molar-refractivity contribution in [1.29, 1.82) is 0 Å². The van der Waals surface area contributed by atoms with Crippen LogP contribution in [0.5, 0.6) is 11.5 Å². The average Bonchev–Trinajstić information content (AvgIpc) is 3.42. The Morgan fingerprint density at radius 1 is 1.03 bits per heavy atom. The van der Waals surface area contributed by atoms with Crippen LogP contribution in [0, 0.1) is 0 Å². The number of para-hydroxylation sites is 1. The Hall–Kier alpha value is -2.68. The first-order valence-electron chi connectivity index (χ1n) is 9.23. The standard InChI is InChI=1S/C21H20N2O4S2/c24-21(19-11-5-13-23(19)29(25,26)20-12-6-14-28-20)22-16-7-4-10-18(15-16)27-17-8-2-1-3-9-17/h1-4,6-10,12,14-15,19H,5,11,13H2,(H,22,24). The van der Waals surface area contributed by atoms with Gasteiger partial charge in [0, 0.05) is 18.3 Å². The summed E-state index contributed by atoms with van der Waals surface area (Å²) in [5.41, 5.74) is 0.559. The van der Waals surface area contributed by atoms with E-state index < -0.39 is 16.1 Å². The summed E-state index contributed by atoms with van der Waals surface area (Å²) in [7, 11) is -3.66. The molecule has 1 aliphatic rings. The van der Waals surface area contributed by atoms with Crippen LogP contribution in [-0.2, 0) is 14.8 Å². The van der Waals surface area contributed by atoms with Gasteiger partial charge >= 0.3 is 0 Å². The van der Waals surface area contributed by atoms with Gasteiger partial charge in [0.2, 0.25) is 5.91 Å². The van der Waals surface area contributed by atoms with E-state index in [-0.39, 0.29) is 10.1 Å². The molecule has 1 N–H and O–H groups in total. The molecule has 0 bridgehead atoms. The van der Waals surface area contributed by atoms with Gasteiger partial charge in [-0.3, -0.25) is 4.79 Å². The summed E-state index contributed by atoms with van der Waals surface area (Å²) >= 11 is 1.16. The highest BCUT2D eigenvalue weighted by Crippen LogP contribution is 2.30. The lowest BCUT2D eigenvalue weighted by Gasteiger charge is -2.22. The maximum Gasteiger partial charge on any atom is 0.253 e. The van der Waals surface area contributed by atoms with Crippen LogP contribution in [0.1, 0.15) is 12.8 Å². The Balaban J connectivity index is 1.48. The Morgan fingerprint density at radius 3 is 2.59 bits per heavy atom. The lowest BCUT2D eigenvalue weighted by Crippen LogP contribution is -2.42. The van der Waals surface area contributed by atoms with Crippen molar-refractivity contribution in [3.05, 3.63) is 72.1 Å². The van der Waals surface area contributed by atoms with Crippen molar-refractivity contribution in [2.75, 3.05) is 11.9 Å². The summed E-state index contributed by atoms with van der Waals surface area (Å²) in [6, 6.07) is 18.9. The molecule has 1 aromatic heterocycles. The highest BCUT2D eigenvalue weighted by atomic mass is 32.2. The van der Waals surface area contributed by atoms with Crippen molar-refractivity contribution in [2.24, 2.45) is 0 Å². The van der Waals surface area contributed by atoms with Crippen molar-refractivity contribution in [3.63, 3.8) is 0 Å². The van der Waals surface area contributed by atoms with Crippen LogP contribution >= 0.6 is 11.3 Å². The van der Waals surface area contributed by atoms with E-state index in [9.17, 15) is 13.2 Å². The lowest BCUT2D eigenvalue weighted by atomic mass is 10.2. The molecule has 0 radical (unpaired) electrons. The minimum Gasteiger partial charge on any atom is -0.457 e. The molecule has 1 saturated heterocycles. The minimum absolute atomic E-state index is 0.260. The molecule has 150 valence electrons. The van der Waals surface area contributed by atoms with Crippen LogP contribution in [0.2, 0.25) is 0 Å². The molecule has 1 fully saturated rings. The highest BCUT2D eigenvalue weighted by Gasteiger charge is 2.39. The van der Waals surface area contributed by atoms with Crippen LogP contribution in [-0.4, -0.2) is 31.2 Å². The maximum atomic E-state index is 12.9. The SMILES string of the molecule is O=C(Nc1cccc(Oc2ccccc2)c1)C1CCCN1S(=O)(=O)c1cccs1. The van der Waals surface area contributed by atoms with Gasteiger partial charge in [0.1, 0.15) is 21.8 Å². The van der Waals surface area contributed by atoms with Gasteiger partial charge in [-0.1, -0.05) is 30.3 Å². The third-order valence-electron chi connectivity index (χ3n) is 4.64. The third-order valence-corrected chi connectivity index (χ3v) is 7.93. The molecule has 1 amide bonds. The van der Waals surface area contributed by atoms with Gasteiger partial charge in [0.15, 0.2) is 0 Å². The van der Waals surface area contributed by atoms with Crippen molar-refractivity contribution in [2.45, 2.75) is 23.1 Å². The maximum absolute atomic E-state index is 12.9. The number of ether oxygens (including phenoxy) is 1. The number of rotatable bonds is 6. The number of amides is 1. The molecule has 1 aliphatic heterocycles. The average molecular weight is 429 g/mol. The van der Waals surface area contributed by atoms with Gasteiger partial charge in [-0.15, -0.1) is 11.3 Å². The number of hydrogen-bond donors (Lipinski definition) is 1. The smallest absolute Gasteiger partial charge is 0.253 e. The number of carbonyl (C=O) groups is 1. The molecule has 0 saturated carbocycles. The second-order valence-electron chi connectivity index (χ2n) is 6.64. The first-order chi connectivity index (χ1) is 14.0. The number of anilines is 1. The van der Waals surface area contributed by atoms with E-state index in [4.69, 9.17) is 4.74 Å². The number of thiophene rings is 1. The first kappa shape index (κ1) is 19.6. The van der Waals surface area contributed by atoms with Crippen molar-refractivity contribution in [3.8, 4) is 11.5 Å². The molecule has 2 aromatic carbocycles. The van der Waals surface area contributed by atoms with Crippen LogP contribution < -0.4 is 10.1 Å². The van der Waals surface area contributed by atoms with E-state index in [1.165, 1.54) is 4.31 Å². The molecule has 2 heterocycles. The van der Waals surface area contributed by atoms with Gasteiger partial charge in [-0.05, 0) is 48.6 Å². The lowest BCUT2D eigenvalue weighted by molar-refractivity contribution is -0.119. The van der Waals surface area contributed by atoms with Gasteiger partial charge in [-0.2, -0.15) is 4.31 Å². The number of nitrogens with zero attached hydrogens (tertiary/aromatic N) is 1. The molecule has 8 heteroatoms. The zero-order valence-electron chi connectivity index (χ0n) is 15.5. The van der Waals surface area contributed by atoms with Crippen LogP contribution in [0.4, 0.5) is 5.69 Å². The monoisotopic (exact) mass is 428 g/mol. The number of carbonyl (C=O) groups excluding carboxylic acids is 1. The molecule has 4 rings (SSSR count). The normalized spacial score (nSPS) is 17.2. The number of sulfonamides is 1. The Bertz CT molecular complexity index is 1080. The predicted octanol–water partition coefficient (Wildman–Crippen LogP) is 4.33. The summed E-state index contributed by atoms with van der Waals surface area (Å²) in [6.45, 7) is 0.343. The predicted molar refractivity (Wildman–Crippen MR) is 113 cm³/mol. The molecule has 29 heavy (non-hydrogen) atoms. The van der Waals surface area contributed by atoms with Gasteiger partial charge < -0.3 is 10.1 Å². The third kappa shape index (κ3) is 4.34. The second-order valence-corrected chi connectivity index (χ2v) is 9.70. The fraction of sp³-hybridized carbons (Fsp3) is 0.190. The molecule has 1 atom stereocenters. The zero-order valence-corrected chi connectivity index (χ0v) is 17.2. The van der Waals surface area contributed by atoms with E-state index in [1.54, 1.807) is 41.8 Å². The number of benzene rings is 2. The van der Waals surface area contributed by atoms with Crippen LogP contribution in [0.3, 0.4) is 0 Å². The molecular weight excluding hydrogens is 408 g/mol. The Morgan fingerprint density at radius 2 is 1.83 bits per heavy atom. The van der Waals surface area contributed by atoms with E-state index in [2.05, 4.69) is 5.32 Å². The Labute approximate surface area is 173 Å². The molecule has 3 aromatic rings. The quantitative estimate of drug-likeness (QED) is 0.634. The summed E-state index contributed by atoms with van der Waals surface area (Å²) in [4.78, 5) is 12.9. The Kier molecular flexibility index (Phi) is 5.66. The van der Waals surface area contributed by atoms with E-state index >= 15 is 0 Å². The van der Waals surface area contributed by atoms with E-state index in [0.717, 1.165) is 11.3 Å². The fourth-order valence-electron chi connectivity index (χ4n) is 3.30. The summed E-state index contributed by atoms with van der Waals surface area (Å²) in [5, 5.41) is 4.55. The van der Waals surface area contributed by atoms with E-state index in [1.807, 2.05) is 30.3 Å². The molecule has 1 unspecified atom stereocenters. The highest BCUT2D eigenvalue weighted by molar-refractivity contribution is 7.91. The van der Waals surface area contributed by atoms with Gasteiger partial charge in [0.05, 0.1) is 0 Å². The second kappa shape index (κ2) is 8.36. The fourth-order valence-corrected chi connectivity index (χ4v) is 6.08. The first-order valence-corrected chi connectivity index (χ1v) is 11.6. The minimum atomic E-state index is -3.66. The van der Waals surface area contributed by atoms with E-state index in [0.29, 0.717) is 36.6 Å². The number of nitrogens with one attached hydrogen (secondary N) is 1. The summed E-state index contributed by atoms with van der Waals surface area (Å²) in [6.07, 6.45) is 1.15. The molecule has 0 spiro atoms. The zero-order chi connectivity index (χ0) is 20.3. The van der Waals surface area contributed by atoms with Crippen molar-refractivity contribution >= 4 is 33.0 Å². The molecule has 6 nitrogen and oxygen atoms in total. The topological polar surface area (TPSA) is 75.7 Å². The summed E-state index contributed by atoms with van der Waals surface area (Å²) < 4.78 is 33.1.